The minimum absolute atomic E-state index is 0.0641. The van der Waals surface area contributed by atoms with E-state index in [1.54, 1.807) is 13.0 Å². The van der Waals surface area contributed by atoms with Crippen LogP contribution >= 0.6 is 7.60 Å². The van der Waals surface area contributed by atoms with Gasteiger partial charge in [-0.25, -0.2) is 0 Å². The Morgan fingerprint density at radius 1 is 1.60 bits per heavy atom. The number of rotatable bonds is 4. The van der Waals surface area contributed by atoms with Gasteiger partial charge in [0.2, 0.25) is 0 Å². The Labute approximate surface area is 59.7 Å². The third-order valence-corrected chi connectivity index (χ3v) is 1.50. The zero-order chi connectivity index (χ0) is 8.04. The molecule has 0 amide bonds. The molecule has 0 unspecified atom stereocenters. The first-order valence-corrected chi connectivity index (χ1v) is 4.63. The first-order chi connectivity index (χ1) is 4.56. The SMILES string of the molecule is CC=COCCP(=O)(O)O. The van der Waals surface area contributed by atoms with Crippen molar-refractivity contribution in [2.75, 3.05) is 12.8 Å². The molecule has 0 fully saturated rings. The van der Waals surface area contributed by atoms with Crippen molar-refractivity contribution in [3.63, 3.8) is 0 Å². The van der Waals surface area contributed by atoms with E-state index in [1.807, 2.05) is 0 Å². The Hall–Kier alpha value is -0.310. The van der Waals surface area contributed by atoms with Gasteiger partial charge in [0.25, 0.3) is 0 Å². The Kier molecular flexibility index (Phi) is 4.36. The van der Waals surface area contributed by atoms with Gasteiger partial charge in [-0.15, -0.1) is 0 Å². The van der Waals surface area contributed by atoms with Gasteiger partial charge in [-0.05, 0) is 6.92 Å². The number of ether oxygens (including phenoxy) is 1. The van der Waals surface area contributed by atoms with E-state index in [0.29, 0.717) is 0 Å². The second kappa shape index (κ2) is 4.50. The molecule has 0 rings (SSSR count). The van der Waals surface area contributed by atoms with Crippen molar-refractivity contribution >= 4 is 7.60 Å². The summed E-state index contributed by atoms with van der Waals surface area (Å²) in [5.41, 5.74) is 0. The third-order valence-electron chi connectivity index (χ3n) is 0.733. The zero-order valence-electron chi connectivity index (χ0n) is 5.73. The summed E-state index contributed by atoms with van der Waals surface area (Å²) >= 11 is 0. The Bertz CT molecular complexity index is 148. The normalized spacial score (nSPS) is 12.3. The molecule has 0 aromatic rings. The van der Waals surface area contributed by atoms with Crippen LogP contribution in [0.25, 0.3) is 0 Å². The molecule has 5 heteroatoms. The molecule has 0 aliphatic carbocycles. The van der Waals surface area contributed by atoms with Gasteiger partial charge >= 0.3 is 7.60 Å². The molecule has 0 saturated heterocycles. The van der Waals surface area contributed by atoms with Crippen LogP contribution in [0.3, 0.4) is 0 Å². The van der Waals surface area contributed by atoms with Crippen molar-refractivity contribution in [1.82, 2.24) is 0 Å². The molecule has 0 radical (unpaired) electrons. The van der Waals surface area contributed by atoms with Crippen molar-refractivity contribution in [3.8, 4) is 0 Å². The monoisotopic (exact) mass is 166 g/mol. The second-order valence-corrected chi connectivity index (χ2v) is 3.51. The van der Waals surface area contributed by atoms with Gasteiger partial charge in [0.15, 0.2) is 0 Å². The molecule has 0 spiro atoms. The smallest absolute Gasteiger partial charge is 0.328 e. The molecular formula is C5H11O4P. The first kappa shape index (κ1) is 9.69. The summed E-state index contributed by atoms with van der Waals surface area (Å²) in [6.07, 6.45) is 2.83. The highest BCUT2D eigenvalue weighted by Gasteiger charge is 2.11. The minimum atomic E-state index is -3.86. The molecular weight excluding hydrogens is 155 g/mol. The predicted molar refractivity (Wildman–Crippen MR) is 37.7 cm³/mol. The summed E-state index contributed by atoms with van der Waals surface area (Å²) in [6.45, 7) is 1.83. The van der Waals surface area contributed by atoms with Crippen molar-refractivity contribution < 1.29 is 19.1 Å². The summed E-state index contributed by atoms with van der Waals surface area (Å²) in [7, 11) is -3.86. The molecule has 0 bridgehead atoms. The number of hydrogen-bond acceptors (Lipinski definition) is 2. The number of allylic oxidation sites excluding steroid dienone is 1. The van der Waals surface area contributed by atoms with E-state index in [-0.39, 0.29) is 12.8 Å². The molecule has 0 aliphatic rings. The van der Waals surface area contributed by atoms with Gasteiger partial charge in [-0.3, -0.25) is 4.57 Å². The van der Waals surface area contributed by atoms with E-state index in [0.717, 1.165) is 0 Å². The van der Waals surface area contributed by atoms with E-state index in [9.17, 15) is 4.57 Å². The van der Waals surface area contributed by atoms with Crippen molar-refractivity contribution in [2.24, 2.45) is 0 Å². The van der Waals surface area contributed by atoms with E-state index in [1.165, 1.54) is 6.26 Å². The number of hydrogen-bond donors (Lipinski definition) is 2. The molecule has 0 aliphatic heterocycles. The fourth-order valence-electron chi connectivity index (χ4n) is 0.336. The largest absolute Gasteiger partial charge is 0.501 e. The molecule has 4 nitrogen and oxygen atoms in total. The van der Waals surface area contributed by atoms with Crippen molar-refractivity contribution in [3.05, 3.63) is 12.3 Å². The summed E-state index contributed by atoms with van der Waals surface area (Å²) in [5, 5.41) is 0. The Morgan fingerprint density at radius 2 is 2.20 bits per heavy atom. The van der Waals surface area contributed by atoms with Gasteiger partial charge in [-0.2, -0.15) is 0 Å². The quantitative estimate of drug-likeness (QED) is 0.366. The maximum Gasteiger partial charge on any atom is 0.328 e. The van der Waals surface area contributed by atoms with Gasteiger partial charge < -0.3 is 14.5 Å². The van der Waals surface area contributed by atoms with Crippen molar-refractivity contribution in [1.29, 1.82) is 0 Å². The standard InChI is InChI=1S/C5H11O4P/c1-2-3-9-4-5-10(6,7)8/h2-3H,4-5H2,1H3,(H2,6,7,8). The van der Waals surface area contributed by atoms with Crippen LogP contribution < -0.4 is 0 Å². The third kappa shape index (κ3) is 7.69. The molecule has 0 heterocycles. The van der Waals surface area contributed by atoms with Crippen LogP contribution in [0, 0.1) is 0 Å². The predicted octanol–water partition coefficient (Wildman–Crippen LogP) is 0.714. The summed E-state index contributed by atoms with van der Waals surface area (Å²) < 4.78 is 14.9. The summed E-state index contributed by atoms with van der Waals surface area (Å²) in [6, 6.07) is 0. The van der Waals surface area contributed by atoms with Gasteiger partial charge in [0, 0.05) is 0 Å². The maximum atomic E-state index is 10.2. The highest BCUT2D eigenvalue weighted by atomic mass is 31.2. The fraction of sp³-hybridized carbons (Fsp3) is 0.600. The van der Waals surface area contributed by atoms with E-state index in [4.69, 9.17) is 9.79 Å². The van der Waals surface area contributed by atoms with Crippen LogP contribution in [-0.2, 0) is 9.30 Å². The topological polar surface area (TPSA) is 66.8 Å². The van der Waals surface area contributed by atoms with Crippen LogP contribution in [0.5, 0.6) is 0 Å². The molecule has 0 aromatic heterocycles. The van der Waals surface area contributed by atoms with E-state index >= 15 is 0 Å². The molecule has 0 atom stereocenters. The van der Waals surface area contributed by atoms with Crippen molar-refractivity contribution in [2.45, 2.75) is 6.92 Å². The van der Waals surface area contributed by atoms with Gasteiger partial charge in [0.1, 0.15) is 0 Å². The molecule has 60 valence electrons. The maximum absolute atomic E-state index is 10.2. The fourth-order valence-corrected chi connectivity index (χ4v) is 0.679. The Balaban J connectivity index is 3.29. The van der Waals surface area contributed by atoms with Gasteiger partial charge in [-0.1, -0.05) is 6.08 Å². The lowest BCUT2D eigenvalue weighted by Crippen LogP contribution is -1.95. The first-order valence-electron chi connectivity index (χ1n) is 2.83. The van der Waals surface area contributed by atoms with Crippen LogP contribution in [-0.4, -0.2) is 22.6 Å². The van der Waals surface area contributed by atoms with Gasteiger partial charge in [0.05, 0.1) is 19.0 Å². The minimum Gasteiger partial charge on any atom is -0.501 e. The van der Waals surface area contributed by atoms with E-state index < -0.39 is 7.60 Å². The average molecular weight is 166 g/mol. The summed E-state index contributed by atoms with van der Waals surface area (Å²) in [4.78, 5) is 16.6. The lowest BCUT2D eigenvalue weighted by molar-refractivity contribution is 0.259. The molecule has 0 saturated carbocycles. The second-order valence-electron chi connectivity index (χ2n) is 1.73. The lowest BCUT2D eigenvalue weighted by atomic mass is 10.7. The highest BCUT2D eigenvalue weighted by Crippen LogP contribution is 2.33. The van der Waals surface area contributed by atoms with Crippen LogP contribution in [0.4, 0.5) is 0 Å². The summed E-state index contributed by atoms with van der Waals surface area (Å²) in [5.74, 6) is 0. The van der Waals surface area contributed by atoms with Crippen LogP contribution in [0.15, 0.2) is 12.3 Å². The van der Waals surface area contributed by atoms with Crippen LogP contribution in [0.1, 0.15) is 6.92 Å². The highest BCUT2D eigenvalue weighted by molar-refractivity contribution is 7.51. The average Bonchev–Trinajstić information content (AvgIpc) is 1.78. The molecule has 0 aromatic carbocycles. The lowest BCUT2D eigenvalue weighted by Gasteiger charge is -2.01. The van der Waals surface area contributed by atoms with Crippen LogP contribution in [0.2, 0.25) is 0 Å². The Morgan fingerprint density at radius 3 is 2.60 bits per heavy atom. The zero-order valence-corrected chi connectivity index (χ0v) is 6.62. The molecule has 2 N–H and O–H groups in total. The van der Waals surface area contributed by atoms with E-state index in [2.05, 4.69) is 4.74 Å². The molecule has 10 heavy (non-hydrogen) atoms.